The lowest BCUT2D eigenvalue weighted by Crippen LogP contribution is -2.02. The maximum absolute atomic E-state index is 11.1. The SMILES string of the molecule is O=c1[nH]c(Cn2c(=S)[nH]c3cc(Cl)c(Cl)cc32)cs1. The molecule has 0 fully saturated rings. The van der Waals surface area contributed by atoms with Crippen LogP contribution in [0, 0.1) is 4.77 Å². The number of thiazole rings is 1. The van der Waals surface area contributed by atoms with Gasteiger partial charge in [-0.15, -0.1) is 0 Å². The van der Waals surface area contributed by atoms with Gasteiger partial charge in [-0.3, -0.25) is 4.79 Å². The van der Waals surface area contributed by atoms with Gasteiger partial charge in [-0.05, 0) is 24.4 Å². The van der Waals surface area contributed by atoms with Crippen molar-refractivity contribution in [2.45, 2.75) is 6.54 Å². The van der Waals surface area contributed by atoms with Gasteiger partial charge in [-0.1, -0.05) is 34.5 Å². The van der Waals surface area contributed by atoms with Gasteiger partial charge in [-0.25, -0.2) is 0 Å². The number of imidazole rings is 1. The molecular weight excluding hydrogens is 325 g/mol. The average Bonchev–Trinajstić information content (AvgIpc) is 2.87. The number of hydrogen-bond donors (Lipinski definition) is 2. The van der Waals surface area contributed by atoms with E-state index in [0.717, 1.165) is 28.1 Å². The van der Waals surface area contributed by atoms with Gasteiger partial charge < -0.3 is 14.5 Å². The van der Waals surface area contributed by atoms with Crippen molar-refractivity contribution in [1.29, 1.82) is 0 Å². The third-order valence-electron chi connectivity index (χ3n) is 2.72. The zero-order valence-corrected chi connectivity index (χ0v) is 12.5. The lowest BCUT2D eigenvalue weighted by atomic mass is 10.3. The molecule has 0 aliphatic heterocycles. The Labute approximate surface area is 126 Å². The molecule has 0 radical (unpaired) electrons. The van der Waals surface area contributed by atoms with Crippen LogP contribution in [0.5, 0.6) is 0 Å². The van der Waals surface area contributed by atoms with Gasteiger partial charge in [0.15, 0.2) is 4.77 Å². The number of nitrogens with zero attached hydrogens (tertiary/aromatic N) is 1. The highest BCUT2D eigenvalue weighted by molar-refractivity contribution is 7.71. The van der Waals surface area contributed by atoms with Crippen molar-refractivity contribution >= 4 is 57.8 Å². The zero-order valence-electron chi connectivity index (χ0n) is 9.37. The molecule has 1 aromatic carbocycles. The van der Waals surface area contributed by atoms with Crippen LogP contribution in [-0.2, 0) is 6.54 Å². The van der Waals surface area contributed by atoms with E-state index < -0.39 is 0 Å². The number of fused-ring (bicyclic) bond motifs is 1. The van der Waals surface area contributed by atoms with Crippen molar-refractivity contribution in [2.24, 2.45) is 0 Å². The number of H-pyrrole nitrogens is 2. The van der Waals surface area contributed by atoms with Gasteiger partial charge in [0.1, 0.15) is 0 Å². The van der Waals surface area contributed by atoms with Crippen LogP contribution in [0.2, 0.25) is 10.0 Å². The molecule has 8 heteroatoms. The fourth-order valence-corrected chi connectivity index (χ4v) is 3.04. The van der Waals surface area contributed by atoms with Crippen LogP contribution in [0.25, 0.3) is 11.0 Å². The normalized spacial score (nSPS) is 11.3. The summed E-state index contributed by atoms with van der Waals surface area (Å²) in [5.41, 5.74) is 2.47. The smallest absolute Gasteiger partial charge is 0.304 e. The number of rotatable bonds is 2. The maximum Gasteiger partial charge on any atom is 0.304 e. The molecule has 0 aliphatic rings. The van der Waals surface area contributed by atoms with E-state index in [9.17, 15) is 4.79 Å². The second-order valence-corrected chi connectivity index (χ2v) is 6.02. The summed E-state index contributed by atoms with van der Waals surface area (Å²) < 4.78 is 2.42. The van der Waals surface area contributed by atoms with Crippen LogP contribution in [0.15, 0.2) is 22.3 Å². The molecule has 0 aliphatic carbocycles. The van der Waals surface area contributed by atoms with E-state index in [1.165, 1.54) is 0 Å². The number of benzene rings is 1. The first-order valence-corrected chi connectivity index (χ1v) is 7.33. The maximum atomic E-state index is 11.1. The third-order valence-corrected chi connectivity index (χ3v) is 4.48. The summed E-state index contributed by atoms with van der Waals surface area (Å²) in [5, 5.41) is 2.72. The van der Waals surface area contributed by atoms with Crippen molar-refractivity contribution in [1.82, 2.24) is 14.5 Å². The van der Waals surface area contributed by atoms with Crippen LogP contribution in [0.3, 0.4) is 0 Å². The van der Waals surface area contributed by atoms with E-state index in [4.69, 9.17) is 35.4 Å². The predicted molar refractivity (Wildman–Crippen MR) is 81.2 cm³/mol. The first-order chi connectivity index (χ1) is 9.04. The molecule has 98 valence electrons. The van der Waals surface area contributed by atoms with Crippen molar-refractivity contribution in [3.63, 3.8) is 0 Å². The molecule has 3 rings (SSSR count). The summed E-state index contributed by atoms with van der Waals surface area (Å²) >= 11 is 18.4. The van der Waals surface area contributed by atoms with Crippen molar-refractivity contribution in [3.05, 3.63) is 47.7 Å². The largest absolute Gasteiger partial charge is 0.331 e. The topological polar surface area (TPSA) is 53.6 Å². The van der Waals surface area contributed by atoms with E-state index in [1.54, 1.807) is 17.5 Å². The molecule has 19 heavy (non-hydrogen) atoms. The highest BCUT2D eigenvalue weighted by atomic mass is 35.5. The molecule has 0 atom stereocenters. The number of nitrogens with one attached hydrogen (secondary N) is 2. The standard InChI is InChI=1S/C11H7Cl2N3OS2/c12-6-1-8-9(2-7(6)13)16(10(18)15-8)3-5-4-19-11(17)14-5/h1-2,4H,3H2,(H,14,17)(H,15,18). The minimum atomic E-state index is -0.0811. The minimum Gasteiger partial charge on any atom is -0.331 e. The van der Waals surface area contributed by atoms with Crippen LogP contribution < -0.4 is 4.87 Å². The molecule has 0 unspecified atom stereocenters. The molecule has 0 amide bonds. The molecule has 2 N–H and O–H groups in total. The molecule has 0 saturated carbocycles. The lowest BCUT2D eigenvalue weighted by Gasteiger charge is -2.03. The second kappa shape index (κ2) is 4.79. The van der Waals surface area contributed by atoms with Gasteiger partial charge >= 0.3 is 4.87 Å². The molecule has 3 aromatic rings. The van der Waals surface area contributed by atoms with Gasteiger partial charge in [0, 0.05) is 11.1 Å². The van der Waals surface area contributed by atoms with Crippen LogP contribution in [-0.4, -0.2) is 14.5 Å². The molecule has 0 saturated heterocycles. The van der Waals surface area contributed by atoms with Crippen LogP contribution >= 0.6 is 46.8 Å². The summed E-state index contributed by atoms with van der Waals surface area (Å²) in [6, 6.07) is 3.50. The van der Waals surface area contributed by atoms with E-state index in [1.807, 2.05) is 4.57 Å². The quantitative estimate of drug-likeness (QED) is 0.701. The molecule has 0 spiro atoms. The minimum absolute atomic E-state index is 0.0811. The Morgan fingerprint density at radius 1 is 1.26 bits per heavy atom. The Hall–Kier alpha value is -1.08. The van der Waals surface area contributed by atoms with Gasteiger partial charge in [0.05, 0.1) is 27.6 Å². The number of aromatic amines is 2. The second-order valence-electron chi connectivity index (χ2n) is 3.97. The van der Waals surface area contributed by atoms with E-state index >= 15 is 0 Å². The van der Waals surface area contributed by atoms with Crippen molar-refractivity contribution in [3.8, 4) is 0 Å². The Balaban J connectivity index is 2.17. The lowest BCUT2D eigenvalue weighted by molar-refractivity contribution is 0.789. The summed E-state index contributed by atoms with van der Waals surface area (Å²) in [6.07, 6.45) is 0. The first kappa shape index (κ1) is 12.9. The predicted octanol–water partition coefficient (Wildman–Crippen LogP) is 3.80. The van der Waals surface area contributed by atoms with Gasteiger partial charge in [-0.2, -0.15) is 0 Å². The zero-order chi connectivity index (χ0) is 13.6. The fourth-order valence-electron chi connectivity index (χ4n) is 1.87. The van der Waals surface area contributed by atoms with Gasteiger partial charge in [0.25, 0.3) is 0 Å². The Kier molecular flexibility index (Phi) is 3.26. The first-order valence-electron chi connectivity index (χ1n) is 5.29. The summed E-state index contributed by atoms with van der Waals surface area (Å²) in [4.78, 5) is 16.9. The fraction of sp³-hybridized carbons (Fsp3) is 0.0909. The van der Waals surface area contributed by atoms with E-state index in [0.29, 0.717) is 21.4 Å². The molecule has 2 aromatic heterocycles. The monoisotopic (exact) mass is 331 g/mol. The van der Waals surface area contributed by atoms with Crippen molar-refractivity contribution < 1.29 is 0 Å². The summed E-state index contributed by atoms with van der Waals surface area (Å²) in [6.45, 7) is 0.482. The van der Waals surface area contributed by atoms with E-state index in [-0.39, 0.29) is 4.87 Å². The summed E-state index contributed by atoms with van der Waals surface area (Å²) in [7, 11) is 0. The summed E-state index contributed by atoms with van der Waals surface area (Å²) in [5.74, 6) is 0. The highest BCUT2D eigenvalue weighted by Gasteiger charge is 2.09. The number of aromatic nitrogens is 3. The Morgan fingerprint density at radius 3 is 2.68 bits per heavy atom. The highest BCUT2D eigenvalue weighted by Crippen LogP contribution is 2.27. The van der Waals surface area contributed by atoms with Gasteiger partial charge in [0.2, 0.25) is 0 Å². The van der Waals surface area contributed by atoms with E-state index in [2.05, 4.69) is 9.97 Å². The van der Waals surface area contributed by atoms with Crippen LogP contribution in [0.4, 0.5) is 0 Å². The number of hydrogen-bond acceptors (Lipinski definition) is 3. The number of halogens is 2. The third kappa shape index (κ3) is 2.36. The molecular formula is C11H7Cl2N3OS2. The molecule has 4 nitrogen and oxygen atoms in total. The Morgan fingerprint density at radius 2 is 2.00 bits per heavy atom. The van der Waals surface area contributed by atoms with Crippen molar-refractivity contribution in [2.75, 3.05) is 0 Å². The average molecular weight is 332 g/mol. The van der Waals surface area contributed by atoms with Crippen LogP contribution in [0.1, 0.15) is 5.69 Å². The molecule has 2 heterocycles. The Bertz CT molecular complexity index is 874. The molecule has 0 bridgehead atoms.